The summed E-state index contributed by atoms with van der Waals surface area (Å²) in [6, 6.07) is 3.92. The standard InChI is InChI=1S/C13H14F2N2/c1-8-6-17(7-9(8)2)13-11(14)3-10(5-16)4-12(13)15/h3-4,8-9H,6-7H2,1-2H3. The summed E-state index contributed by atoms with van der Waals surface area (Å²) in [4.78, 5) is 1.72. The van der Waals surface area contributed by atoms with Gasteiger partial charge in [0.25, 0.3) is 0 Å². The van der Waals surface area contributed by atoms with E-state index in [0.717, 1.165) is 12.1 Å². The monoisotopic (exact) mass is 236 g/mol. The Kier molecular flexibility index (Phi) is 3.01. The maximum Gasteiger partial charge on any atom is 0.150 e. The molecule has 0 N–H and O–H groups in total. The van der Waals surface area contributed by atoms with Crippen LogP contribution in [0.2, 0.25) is 0 Å². The molecule has 2 nitrogen and oxygen atoms in total. The van der Waals surface area contributed by atoms with E-state index in [-0.39, 0.29) is 11.3 Å². The summed E-state index contributed by atoms with van der Waals surface area (Å²) in [5.41, 5.74) is 0.0178. The van der Waals surface area contributed by atoms with E-state index in [1.165, 1.54) is 0 Å². The molecule has 2 atom stereocenters. The van der Waals surface area contributed by atoms with Crippen molar-refractivity contribution in [3.05, 3.63) is 29.3 Å². The van der Waals surface area contributed by atoms with Crippen molar-refractivity contribution in [1.29, 1.82) is 5.26 Å². The normalized spacial score (nSPS) is 23.8. The first-order valence-electron chi connectivity index (χ1n) is 5.67. The number of hydrogen-bond acceptors (Lipinski definition) is 2. The molecule has 4 heteroatoms. The summed E-state index contributed by atoms with van der Waals surface area (Å²) >= 11 is 0. The van der Waals surface area contributed by atoms with Gasteiger partial charge in [0.1, 0.15) is 5.69 Å². The Labute approximate surface area is 99.5 Å². The zero-order valence-electron chi connectivity index (χ0n) is 9.87. The zero-order valence-corrected chi connectivity index (χ0v) is 9.87. The fourth-order valence-corrected chi connectivity index (χ4v) is 2.24. The van der Waals surface area contributed by atoms with Gasteiger partial charge in [0.05, 0.1) is 11.6 Å². The Hall–Kier alpha value is -1.63. The largest absolute Gasteiger partial charge is 0.366 e. The highest BCUT2D eigenvalue weighted by atomic mass is 19.1. The van der Waals surface area contributed by atoms with Crippen molar-refractivity contribution in [3.8, 4) is 6.07 Å². The van der Waals surface area contributed by atoms with Gasteiger partial charge >= 0.3 is 0 Å². The highest BCUT2D eigenvalue weighted by molar-refractivity contribution is 5.53. The molecule has 1 fully saturated rings. The van der Waals surface area contributed by atoms with Gasteiger partial charge in [-0.2, -0.15) is 5.26 Å². The molecule has 1 aromatic carbocycles. The summed E-state index contributed by atoms with van der Waals surface area (Å²) in [6.45, 7) is 5.45. The van der Waals surface area contributed by atoms with Gasteiger partial charge in [0.15, 0.2) is 11.6 Å². The van der Waals surface area contributed by atoms with Gasteiger partial charge in [0.2, 0.25) is 0 Å². The first kappa shape index (κ1) is 11.8. The summed E-state index contributed by atoms with van der Waals surface area (Å²) in [6.07, 6.45) is 0. The molecule has 90 valence electrons. The SMILES string of the molecule is CC1CN(c2c(F)cc(C#N)cc2F)CC1C. The van der Waals surface area contributed by atoms with Gasteiger partial charge in [0, 0.05) is 13.1 Å². The lowest BCUT2D eigenvalue weighted by atomic mass is 10.0. The van der Waals surface area contributed by atoms with Crippen LogP contribution in [-0.4, -0.2) is 13.1 Å². The van der Waals surface area contributed by atoms with Crippen molar-refractivity contribution in [2.45, 2.75) is 13.8 Å². The molecule has 2 rings (SSSR count). The molecule has 1 aliphatic rings. The van der Waals surface area contributed by atoms with Crippen LogP contribution >= 0.6 is 0 Å². The van der Waals surface area contributed by atoms with E-state index in [1.54, 1.807) is 11.0 Å². The van der Waals surface area contributed by atoms with Gasteiger partial charge in [-0.05, 0) is 24.0 Å². The van der Waals surface area contributed by atoms with Gasteiger partial charge < -0.3 is 4.90 Å². The van der Waals surface area contributed by atoms with E-state index >= 15 is 0 Å². The maximum atomic E-state index is 13.8. The van der Waals surface area contributed by atoms with E-state index < -0.39 is 11.6 Å². The number of hydrogen-bond donors (Lipinski definition) is 0. The third kappa shape index (κ3) is 2.10. The third-order valence-electron chi connectivity index (χ3n) is 3.45. The molecule has 2 unspecified atom stereocenters. The average molecular weight is 236 g/mol. The number of nitrogens with zero attached hydrogens (tertiary/aromatic N) is 2. The Morgan fingerprint density at radius 3 is 2.06 bits per heavy atom. The molecular formula is C13H14F2N2. The molecule has 0 spiro atoms. The predicted octanol–water partition coefficient (Wildman–Crippen LogP) is 2.93. The highest BCUT2D eigenvalue weighted by Gasteiger charge is 2.29. The van der Waals surface area contributed by atoms with Crippen LogP contribution in [0, 0.1) is 34.8 Å². The molecule has 1 aromatic rings. The van der Waals surface area contributed by atoms with Crippen molar-refractivity contribution in [1.82, 2.24) is 0 Å². The number of halogens is 2. The lowest BCUT2D eigenvalue weighted by molar-refractivity contribution is 0.494. The van der Waals surface area contributed by atoms with Crippen molar-refractivity contribution < 1.29 is 8.78 Å². The van der Waals surface area contributed by atoms with Gasteiger partial charge in [-0.25, -0.2) is 8.78 Å². The minimum Gasteiger partial charge on any atom is -0.366 e. The van der Waals surface area contributed by atoms with Crippen LogP contribution in [0.4, 0.5) is 14.5 Å². The molecule has 0 radical (unpaired) electrons. The van der Waals surface area contributed by atoms with Gasteiger partial charge in [-0.3, -0.25) is 0 Å². The second kappa shape index (κ2) is 4.33. The first-order valence-corrected chi connectivity index (χ1v) is 5.67. The molecule has 0 amide bonds. The lowest BCUT2D eigenvalue weighted by Gasteiger charge is -2.19. The summed E-state index contributed by atoms with van der Waals surface area (Å²) < 4.78 is 27.5. The number of anilines is 1. The molecule has 1 saturated heterocycles. The fraction of sp³-hybridized carbons (Fsp3) is 0.462. The van der Waals surface area contributed by atoms with Crippen LogP contribution in [0.1, 0.15) is 19.4 Å². The summed E-state index contributed by atoms with van der Waals surface area (Å²) in [7, 11) is 0. The van der Waals surface area contributed by atoms with Crippen LogP contribution in [0.15, 0.2) is 12.1 Å². The average Bonchev–Trinajstić information content (AvgIpc) is 2.57. The molecule has 1 heterocycles. The molecule has 0 bridgehead atoms. The number of rotatable bonds is 1. The van der Waals surface area contributed by atoms with E-state index in [1.807, 2.05) is 0 Å². The maximum absolute atomic E-state index is 13.8. The van der Waals surface area contributed by atoms with Crippen molar-refractivity contribution >= 4 is 5.69 Å². The lowest BCUT2D eigenvalue weighted by Crippen LogP contribution is -2.22. The first-order chi connectivity index (χ1) is 8.02. The Bertz CT molecular complexity index is 446. The van der Waals surface area contributed by atoms with E-state index in [2.05, 4.69) is 13.8 Å². The quantitative estimate of drug-likeness (QED) is 0.749. The van der Waals surface area contributed by atoms with Crippen LogP contribution in [-0.2, 0) is 0 Å². The van der Waals surface area contributed by atoms with Crippen LogP contribution in [0.3, 0.4) is 0 Å². The minimum absolute atomic E-state index is 0.000185. The van der Waals surface area contributed by atoms with Crippen molar-refractivity contribution in [2.75, 3.05) is 18.0 Å². The zero-order chi connectivity index (χ0) is 12.6. The van der Waals surface area contributed by atoms with Crippen LogP contribution in [0.5, 0.6) is 0 Å². The van der Waals surface area contributed by atoms with Crippen molar-refractivity contribution in [3.63, 3.8) is 0 Å². The third-order valence-corrected chi connectivity index (χ3v) is 3.45. The Balaban J connectivity index is 2.37. The van der Waals surface area contributed by atoms with Gasteiger partial charge in [-0.1, -0.05) is 13.8 Å². The highest BCUT2D eigenvalue weighted by Crippen LogP contribution is 2.32. The Morgan fingerprint density at radius 2 is 1.65 bits per heavy atom. The predicted molar refractivity (Wildman–Crippen MR) is 61.6 cm³/mol. The van der Waals surface area contributed by atoms with Crippen LogP contribution in [0.25, 0.3) is 0 Å². The molecule has 17 heavy (non-hydrogen) atoms. The van der Waals surface area contributed by atoms with Gasteiger partial charge in [-0.15, -0.1) is 0 Å². The second-order valence-electron chi connectivity index (χ2n) is 4.76. The molecule has 0 saturated carbocycles. The van der Waals surface area contributed by atoms with Crippen LogP contribution < -0.4 is 4.90 Å². The smallest absolute Gasteiger partial charge is 0.150 e. The Morgan fingerprint density at radius 1 is 1.18 bits per heavy atom. The number of benzene rings is 1. The topological polar surface area (TPSA) is 27.0 Å². The minimum atomic E-state index is -0.650. The molecule has 0 aromatic heterocycles. The van der Waals surface area contributed by atoms with Crippen molar-refractivity contribution in [2.24, 2.45) is 11.8 Å². The second-order valence-corrected chi connectivity index (χ2v) is 4.76. The fourth-order valence-electron chi connectivity index (χ4n) is 2.24. The van der Waals surface area contributed by atoms with E-state index in [9.17, 15) is 8.78 Å². The molecule has 0 aliphatic carbocycles. The molecular weight excluding hydrogens is 222 g/mol. The molecule has 1 aliphatic heterocycles. The summed E-state index contributed by atoms with van der Waals surface area (Å²) in [5, 5.41) is 8.63. The number of nitriles is 1. The van der Waals surface area contributed by atoms with E-state index in [0.29, 0.717) is 24.9 Å². The summed E-state index contributed by atoms with van der Waals surface area (Å²) in [5.74, 6) is -0.459. The van der Waals surface area contributed by atoms with E-state index in [4.69, 9.17) is 5.26 Å².